The Morgan fingerprint density at radius 2 is 1.42 bits per heavy atom. The molecule has 1 nitrogen and oxygen atoms in total. The minimum atomic E-state index is 0.158. The average molecular weight is 266 g/mol. The van der Waals surface area contributed by atoms with Crippen LogP contribution in [0.25, 0.3) is 0 Å². The fourth-order valence-corrected chi connectivity index (χ4v) is 2.42. The predicted octanol–water partition coefficient (Wildman–Crippen LogP) is 5.79. The first-order chi connectivity index (χ1) is 8.91. The first-order valence-corrected chi connectivity index (χ1v) is 8.09. The molecule has 0 saturated heterocycles. The van der Waals surface area contributed by atoms with Crippen molar-refractivity contribution in [1.29, 1.82) is 0 Å². The van der Waals surface area contributed by atoms with Crippen molar-refractivity contribution in [2.75, 3.05) is 0 Å². The quantitative estimate of drug-likeness (QED) is 0.432. The third-order valence-corrected chi connectivity index (χ3v) is 3.76. The van der Waals surface area contributed by atoms with Crippen LogP contribution in [-0.4, -0.2) is 5.78 Å². The first kappa shape index (κ1) is 18.4. The maximum Gasteiger partial charge on any atom is 0.152 e. The fourth-order valence-electron chi connectivity index (χ4n) is 2.42. The average Bonchev–Trinajstić information content (AvgIpc) is 2.27. The Morgan fingerprint density at radius 1 is 0.895 bits per heavy atom. The Kier molecular flexibility index (Phi) is 10.9. The van der Waals surface area contributed by atoms with Crippen LogP contribution in [0.4, 0.5) is 0 Å². The molecule has 2 atom stereocenters. The van der Waals surface area contributed by atoms with Crippen LogP contribution in [0.5, 0.6) is 0 Å². The first-order valence-electron chi connectivity index (χ1n) is 8.09. The third kappa shape index (κ3) is 13.6. The zero-order valence-electron chi connectivity index (χ0n) is 13.7. The standard InChI is InChI=1S/C18H34O/c1-15(2)9-6-10-16(3)11-7-12-17(4)13-8-14-18(5)19/h8,14-17H,6-7,9-13H2,1-5H3/b14-8+/t16-,17-/m1/s1. The van der Waals surface area contributed by atoms with Crippen LogP contribution >= 0.6 is 0 Å². The summed E-state index contributed by atoms with van der Waals surface area (Å²) < 4.78 is 0. The second-order valence-electron chi connectivity index (χ2n) is 6.71. The number of hydrogen-bond acceptors (Lipinski definition) is 1. The smallest absolute Gasteiger partial charge is 0.152 e. The van der Waals surface area contributed by atoms with E-state index in [0.29, 0.717) is 5.92 Å². The van der Waals surface area contributed by atoms with E-state index in [0.717, 1.165) is 18.3 Å². The molecule has 0 aliphatic heterocycles. The fraction of sp³-hybridized carbons (Fsp3) is 0.833. The van der Waals surface area contributed by atoms with Gasteiger partial charge in [0.05, 0.1) is 0 Å². The topological polar surface area (TPSA) is 17.1 Å². The van der Waals surface area contributed by atoms with E-state index in [1.807, 2.05) is 6.08 Å². The zero-order chi connectivity index (χ0) is 14.7. The van der Waals surface area contributed by atoms with E-state index in [1.54, 1.807) is 13.0 Å². The number of carbonyl (C=O) groups is 1. The molecule has 0 N–H and O–H groups in total. The highest BCUT2D eigenvalue weighted by atomic mass is 16.1. The van der Waals surface area contributed by atoms with Crippen molar-refractivity contribution in [2.24, 2.45) is 17.8 Å². The summed E-state index contributed by atoms with van der Waals surface area (Å²) in [4.78, 5) is 10.8. The Bertz CT molecular complexity index is 252. The monoisotopic (exact) mass is 266 g/mol. The molecular weight excluding hydrogens is 232 g/mol. The molecule has 0 amide bonds. The summed E-state index contributed by atoms with van der Waals surface area (Å²) in [6, 6.07) is 0. The van der Waals surface area contributed by atoms with Crippen LogP contribution in [0, 0.1) is 17.8 Å². The van der Waals surface area contributed by atoms with E-state index in [9.17, 15) is 4.79 Å². The van der Waals surface area contributed by atoms with E-state index in [4.69, 9.17) is 0 Å². The number of hydrogen-bond donors (Lipinski definition) is 0. The highest BCUT2D eigenvalue weighted by molar-refractivity contribution is 5.87. The van der Waals surface area contributed by atoms with Gasteiger partial charge in [0.2, 0.25) is 0 Å². The normalized spacial score (nSPS) is 15.1. The Hall–Kier alpha value is -0.590. The van der Waals surface area contributed by atoms with Crippen molar-refractivity contribution in [3.63, 3.8) is 0 Å². The van der Waals surface area contributed by atoms with Crippen molar-refractivity contribution in [1.82, 2.24) is 0 Å². The molecule has 0 aliphatic rings. The van der Waals surface area contributed by atoms with Crippen LogP contribution < -0.4 is 0 Å². The molecule has 1 heteroatoms. The Morgan fingerprint density at radius 3 is 1.95 bits per heavy atom. The summed E-state index contributed by atoms with van der Waals surface area (Å²) >= 11 is 0. The maximum absolute atomic E-state index is 10.8. The van der Waals surface area contributed by atoms with E-state index in [2.05, 4.69) is 27.7 Å². The van der Waals surface area contributed by atoms with Gasteiger partial charge in [0.25, 0.3) is 0 Å². The van der Waals surface area contributed by atoms with Gasteiger partial charge < -0.3 is 0 Å². The SMILES string of the molecule is CC(=O)/C=C/C[C@H](C)CCC[C@H](C)CCCC(C)C. The van der Waals surface area contributed by atoms with Gasteiger partial charge in [0.1, 0.15) is 0 Å². The molecule has 112 valence electrons. The summed E-state index contributed by atoms with van der Waals surface area (Å²) in [5, 5.41) is 0. The molecule has 0 rings (SSSR count). The van der Waals surface area contributed by atoms with Crippen LogP contribution in [-0.2, 0) is 4.79 Å². The minimum absolute atomic E-state index is 0.158. The highest BCUT2D eigenvalue weighted by Gasteiger charge is 2.05. The number of allylic oxidation sites excluding steroid dienone is 2. The van der Waals surface area contributed by atoms with Crippen LogP contribution in [0.2, 0.25) is 0 Å². The summed E-state index contributed by atoms with van der Waals surface area (Å²) in [6.07, 6.45) is 12.9. The van der Waals surface area contributed by atoms with Crippen molar-refractivity contribution in [2.45, 2.75) is 79.6 Å². The molecule has 0 unspecified atom stereocenters. The molecule has 0 aromatic rings. The van der Waals surface area contributed by atoms with Crippen LogP contribution in [0.3, 0.4) is 0 Å². The molecule has 0 bridgehead atoms. The molecule has 0 aromatic carbocycles. The van der Waals surface area contributed by atoms with Crippen molar-refractivity contribution >= 4 is 5.78 Å². The lowest BCUT2D eigenvalue weighted by Crippen LogP contribution is -1.99. The van der Waals surface area contributed by atoms with E-state index in [1.165, 1.54) is 38.5 Å². The molecule has 19 heavy (non-hydrogen) atoms. The molecule has 0 aromatic heterocycles. The minimum Gasteiger partial charge on any atom is -0.295 e. The lowest BCUT2D eigenvalue weighted by atomic mass is 9.92. The molecule has 0 radical (unpaired) electrons. The highest BCUT2D eigenvalue weighted by Crippen LogP contribution is 2.20. The summed E-state index contributed by atoms with van der Waals surface area (Å²) in [5.74, 6) is 2.59. The van der Waals surface area contributed by atoms with Gasteiger partial charge in [-0.15, -0.1) is 0 Å². The van der Waals surface area contributed by atoms with E-state index in [-0.39, 0.29) is 5.78 Å². The van der Waals surface area contributed by atoms with E-state index < -0.39 is 0 Å². The summed E-state index contributed by atoms with van der Waals surface area (Å²) in [5.41, 5.74) is 0. The van der Waals surface area contributed by atoms with Crippen molar-refractivity contribution in [3.8, 4) is 0 Å². The third-order valence-electron chi connectivity index (χ3n) is 3.76. The van der Waals surface area contributed by atoms with Gasteiger partial charge in [0, 0.05) is 0 Å². The molecule has 0 saturated carbocycles. The second kappa shape index (κ2) is 11.3. The van der Waals surface area contributed by atoms with Crippen molar-refractivity contribution in [3.05, 3.63) is 12.2 Å². The maximum atomic E-state index is 10.8. The molecule has 0 fully saturated rings. The lowest BCUT2D eigenvalue weighted by molar-refractivity contribution is -0.112. The number of rotatable bonds is 11. The molecule has 0 heterocycles. The molecule has 0 spiro atoms. The van der Waals surface area contributed by atoms with E-state index >= 15 is 0 Å². The van der Waals surface area contributed by atoms with Gasteiger partial charge in [0.15, 0.2) is 5.78 Å². The predicted molar refractivity (Wildman–Crippen MR) is 85.3 cm³/mol. The van der Waals surface area contributed by atoms with Gasteiger partial charge >= 0.3 is 0 Å². The van der Waals surface area contributed by atoms with Gasteiger partial charge in [-0.25, -0.2) is 0 Å². The van der Waals surface area contributed by atoms with Crippen LogP contribution in [0.1, 0.15) is 79.6 Å². The lowest BCUT2D eigenvalue weighted by Gasteiger charge is -2.14. The van der Waals surface area contributed by atoms with Gasteiger partial charge in [-0.1, -0.05) is 72.3 Å². The van der Waals surface area contributed by atoms with Crippen molar-refractivity contribution < 1.29 is 4.79 Å². The number of carbonyl (C=O) groups excluding carboxylic acids is 1. The zero-order valence-corrected chi connectivity index (χ0v) is 13.7. The van der Waals surface area contributed by atoms with Crippen LogP contribution in [0.15, 0.2) is 12.2 Å². The molecule has 0 aliphatic carbocycles. The van der Waals surface area contributed by atoms with Gasteiger partial charge in [-0.3, -0.25) is 4.79 Å². The summed E-state index contributed by atoms with van der Waals surface area (Å²) in [6.45, 7) is 10.9. The summed E-state index contributed by atoms with van der Waals surface area (Å²) in [7, 11) is 0. The van der Waals surface area contributed by atoms with Gasteiger partial charge in [-0.05, 0) is 37.2 Å². The number of ketones is 1. The molecular formula is C18H34O. The van der Waals surface area contributed by atoms with Gasteiger partial charge in [-0.2, -0.15) is 0 Å². The second-order valence-corrected chi connectivity index (χ2v) is 6.71. The Labute approximate surface area is 120 Å². The largest absolute Gasteiger partial charge is 0.295 e. The Balaban J connectivity index is 3.52.